The Labute approximate surface area is 158 Å². The number of carbonyl (C=O) groups excluding carboxylic acids is 1. The van der Waals surface area contributed by atoms with Gasteiger partial charge in [-0.05, 0) is 31.0 Å². The summed E-state index contributed by atoms with van der Waals surface area (Å²) in [5.41, 5.74) is 7.42. The Morgan fingerprint density at radius 2 is 2.15 bits per heavy atom. The highest BCUT2D eigenvalue weighted by Gasteiger charge is 2.38. The number of carbonyl (C=O) groups is 1. The first-order valence-corrected chi connectivity index (χ1v) is 8.77. The van der Waals surface area contributed by atoms with Crippen LogP contribution in [-0.2, 0) is 9.53 Å². The molecule has 0 aromatic heterocycles. The lowest BCUT2D eigenvalue weighted by molar-refractivity contribution is -0.116. The zero-order chi connectivity index (χ0) is 19.4. The Bertz CT molecular complexity index is 915. The van der Waals surface area contributed by atoms with Crippen molar-refractivity contribution >= 4 is 5.78 Å². The average Bonchev–Trinajstić information content (AvgIpc) is 2.66. The van der Waals surface area contributed by atoms with Crippen molar-refractivity contribution in [2.24, 2.45) is 5.73 Å². The van der Waals surface area contributed by atoms with Crippen LogP contribution in [0.1, 0.15) is 37.7 Å². The molecule has 27 heavy (non-hydrogen) atoms. The SMILES string of the molecule is C#CCOc1ccc([C@@H]2C(C#N)=C(N)OC3=C2C(=O)CCC3)cc1OCC. The second-order valence-corrected chi connectivity index (χ2v) is 6.17. The van der Waals surface area contributed by atoms with Gasteiger partial charge in [-0.1, -0.05) is 12.0 Å². The molecule has 0 amide bonds. The molecule has 2 N–H and O–H groups in total. The van der Waals surface area contributed by atoms with Crippen LogP contribution in [0, 0.1) is 23.7 Å². The molecule has 0 unspecified atom stereocenters. The third-order valence-electron chi connectivity index (χ3n) is 4.52. The summed E-state index contributed by atoms with van der Waals surface area (Å²) in [7, 11) is 0. The second-order valence-electron chi connectivity index (χ2n) is 6.17. The van der Waals surface area contributed by atoms with Gasteiger partial charge in [-0.15, -0.1) is 6.42 Å². The number of nitrogens with two attached hydrogens (primary N) is 1. The zero-order valence-corrected chi connectivity index (χ0v) is 15.1. The molecule has 6 nitrogen and oxygen atoms in total. The number of Topliss-reactive ketones (excluding diaryl/α,β-unsaturated/α-hetero) is 1. The van der Waals surface area contributed by atoms with Crippen LogP contribution in [0.3, 0.4) is 0 Å². The summed E-state index contributed by atoms with van der Waals surface area (Å²) < 4.78 is 16.8. The van der Waals surface area contributed by atoms with Crippen molar-refractivity contribution in [3.8, 4) is 29.9 Å². The van der Waals surface area contributed by atoms with Crippen molar-refractivity contribution in [1.82, 2.24) is 0 Å². The average molecular weight is 364 g/mol. The van der Waals surface area contributed by atoms with Gasteiger partial charge >= 0.3 is 0 Å². The number of ether oxygens (including phenoxy) is 3. The van der Waals surface area contributed by atoms with E-state index in [9.17, 15) is 10.1 Å². The molecule has 1 atom stereocenters. The van der Waals surface area contributed by atoms with Gasteiger partial charge in [-0.2, -0.15) is 5.26 Å². The molecule has 138 valence electrons. The third-order valence-corrected chi connectivity index (χ3v) is 4.52. The van der Waals surface area contributed by atoms with Crippen molar-refractivity contribution in [3.63, 3.8) is 0 Å². The second kappa shape index (κ2) is 7.88. The number of benzene rings is 1. The normalized spacial score (nSPS) is 18.9. The third kappa shape index (κ3) is 3.47. The fourth-order valence-electron chi connectivity index (χ4n) is 3.40. The number of hydrogen-bond acceptors (Lipinski definition) is 6. The molecule has 1 aromatic carbocycles. The monoisotopic (exact) mass is 364 g/mol. The maximum absolute atomic E-state index is 12.6. The predicted octanol–water partition coefficient (Wildman–Crippen LogP) is 2.91. The van der Waals surface area contributed by atoms with Crippen molar-refractivity contribution in [3.05, 3.63) is 46.6 Å². The van der Waals surface area contributed by atoms with Gasteiger partial charge in [0.1, 0.15) is 24.0 Å². The van der Waals surface area contributed by atoms with E-state index < -0.39 is 5.92 Å². The van der Waals surface area contributed by atoms with Gasteiger partial charge in [-0.3, -0.25) is 4.79 Å². The number of hydrogen-bond donors (Lipinski definition) is 1. The van der Waals surface area contributed by atoms with E-state index in [0.717, 1.165) is 5.56 Å². The minimum absolute atomic E-state index is 0.0212. The molecule has 1 aromatic rings. The zero-order valence-electron chi connectivity index (χ0n) is 15.1. The fraction of sp³-hybridized carbons (Fsp3) is 0.333. The largest absolute Gasteiger partial charge is 0.490 e. The maximum atomic E-state index is 12.6. The van der Waals surface area contributed by atoms with Gasteiger partial charge in [0.25, 0.3) is 0 Å². The van der Waals surface area contributed by atoms with Crippen LogP contribution in [0.15, 0.2) is 41.0 Å². The highest BCUT2D eigenvalue weighted by Crippen LogP contribution is 2.45. The Morgan fingerprint density at radius 3 is 2.85 bits per heavy atom. The number of ketones is 1. The number of nitriles is 1. The van der Waals surface area contributed by atoms with Crippen LogP contribution in [0.2, 0.25) is 0 Å². The molecule has 0 spiro atoms. The van der Waals surface area contributed by atoms with E-state index >= 15 is 0 Å². The van der Waals surface area contributed by atoms with Gasteiger partial charge in [-0.25, -0.2) is 0 Å². The minimum atomic E-state index is -0.576. The topological polar surface area (TPSA) is 94.6 Å². The van der Waals surface area contributed by atoms with E-state index in [1.807, 2.05) is 6.92 Å². The van der Waals surface area contributed by atoms with E-state index in [-0.39, 0.29) is 23.8 Å². The Kier molecular flexibility index (Phi) is 5.38. The van der Waals surface area contributed by atoms with Gasteiger partial charge in [0.2, 0.25) is 5.88 Å². The van der Waals surface area contributed by atoms with E-state index in [1.165, 1.54) is 0 Å². The smallest absolute Gasteiger partial charge is 0.205 e. The van der Waals surface area contributed by atoms with Gasteiger partial charge in [0.15, 0.2) is 17.3 Å². The first-order chi connectivity index (χ1) is 13.1. The molecule has 1 aliphatic carbocycles. The maximum Gasteiger partial charge on any atom is 0.205 e. The summed E-state index contributed by atoms with van der Waals surface area (Å²) in [6.07, 6.45) is 7.02. The molecule has 1 aliphatic heterocycles. The summed E-state index contributed by atoms with van der Waals surface area (Å²) in [6.45, 7) is 2.40. The molecule has 6 heteroatoms. The van der Waals surface area contributed by atoms with Crippen LogP contribution in [0.5, 0.6) is 11.5 Å². The molecule has 0 fully saturated rings. The Morgan fingerprint density at radius 1 is 1.33 bits per heavy atom. The first-order valence-electron chi connectivity index (χ1n) is 8.77. The van der Waals surface area contributed by atoms with E-state index in [1.54, 1.807) is 18.2 Å². The van der Waals surface area contributed by atoms with E-state index in [4.69, 9.17) is 26.4 Å². The van der Waals surface area contributed by atoms with Crippen LogP contribution in [0.25, 0.3) is 0 Å². The van der Waals surface area contributed by atoms with Crippen molar-refractivity contribution in [2.75, 3.05) is 13.2 Å². The van der Waals surface area contributed by atoms with Gasteiger partial charge in [0.05, 0.1) is 12.5 Å². The first kappa shape index (κ1) is 18.4. The van der Waals surface area contributed by atoms with E-state index in [2.05, 4.69) is 12.0 Å². The summed E-state index contributed by atoms with van der Waals surface area (Å²) in [4.78, 5) is 12.6. The number of allylic oxidation sites excluding steroid dienone is 3. The molecule has 0 saturated heterocycles. The summed E-state index contributed by atoms with van der Waals surface area (Å²) in [5, 5.41) is 9.63. The molecule has 0 saturated carbocycles. The molecular formula is C21H20N2O4. The predicted molar refractivity (Wildman–Crippen MR) is 98.5 cm³/mol. The lowest BCUT2D eigenvalue weighted by Gasteiger charge is -2.31. The Balaban J connectivity index is 2.11. The summed E-state index contributed by atoms with van der Waals surface area (Å²) in [5.74, 6) is 3.42. The number of nitrogens with zero attached hydrogens (tertiary/aromatic N) is 1. The molecule has 0 radical (unpaired) electrons. The van der Waals surface area contributed by atoms with Crippen molar-refractivity contribution < 1.29 is 19.0 Å². The quantitative estimate of drug-likeness (QED) is 0.807. The van der Waals surface area contributed by atoms with E-state index in [0.29, 0.717) is 48.7 Å². The summed E-state index contributed by atoms with van der Waals surface area (Å²) >= 11 is 0. The molecule has 0 bridgehead atoms. The lowest BCUT2D eigenvalue weighted by Crippen LogP contribution is -2.27. The molecular weight excluding hydrogens is 344 g/mol. The lowest BCUT2D eigenvalue weighted by atomic mass is 9.77. The van der Waals surface area contributed by atoms with Crippen LogP contribution >= 0.6 is 0 Å². The highest BCUT2D eigenvalue weighted by molar-refractivity contribution is 5.99. The van der Waals surface area contributed by atoms with Crippen LogP contribution in [0.4, 0.5) is 0 Å². The minimum Gasteiger partial charge on any atom is -0.490 e. The van der Waals surface area contributed by atoms with Crippen LogP contribution < -0.4 is 15.2 Å². The molecule has 1 heterocycles. The number of rotatable bonds is 5. The molecule has 2 aliphatic rings. The fourth-order valence-corrected chi connectivity index (χ4v) is 3.40. The van der Waals surface area contributed by atoms with Gasteiger partial charge in [0, 0.05) is 18.4 Å². The number of terminal acetylenes is 1. The highest BCUT2D eigenvalue weighted by atomic mass is 16.5. The van der Waals surface area contributed by atoms with Crippen molar-refractivity contribution in [2.45, 2.75) is 32.1 Å². The summed E-state index contributed by atoms with van der Waals surface area (Å²) in [6, 6.07) is 7.39. The van der Waals surface area contributed by atoms with Gasteiger partial charge < -0.3 is 19.9 Å². The standard InChI is InChI=1S/C21H20N2O4/c1-3-10-26-16-9-8-13(11-18(16)25-4-2)19-14(12-22)21(23)27-17-7-5-6-15(24)20(17)19/h1,8-9,11,19H,4-7,10,23H2,2H3/t19-/m1/s1. The molecule has 3 rings (SSSR count). The van der Waals surface area contributed by atoms with Crippen molar-refractivity contribution in [1.29, 1.82) is 5.26 Å². The Hall–Kier alpha value is -3.38. The van der Waals surface area contributed by atoms with Crippen LogP contribution in [-0.4, -0.2) is 19.0 Å².